The van der Waals surface area contributed by atoms with Crippen molar-refractivity contribution in [1.82, 2.24) is 4.98 Å². The van der Waals surface area contributed by atoms with Crippen LogP contribution in [0.2, 0.25) is 0 Å². The van der Waals surface area contributed by atoms with Gasteiger partial charge < -0.3 is 19.3 Å². The van der Waals surface area contributed by atoms with Crippen LogP contribution < -0.4 is 9.47 Å². The van der Waals surface area contributed by atoms with Gasteiger partial charge in [-0.3, -0.25) is 4.79 Å². The van der Waals surface area contributed by atoms with Crippen LogP contribution in [0.3, 0.4) is 0 Å². The van der Waals surface area contributed by atoms with Gasteiger partial charge in [0.05, 0.1) is 25.8 Å². The fraction of sp³-hybridized carbons (Fsp3) is 0.419. The number of halogens is 2. The van der Waals surface area contributed by atoms with Crippen LogP contribution in [0.5, 0.6) is 11.6 Å². The number of ether oxygens (including phenoxy) is 3. The zero-order valence-electron chi connectivity index (χ0n) is 23.0. The minimum Gasteiger partial charge on any atom is -0.486 e. The summed E-state index contributed by atoms with van der Waals surface area (Å²) in [5.41, 5.74) is 2.52. The van der Waals surface area contributed by atoms with Gasteiger partial charge in [-0.2, -0.15) is 0 Å². The van der Waals surface area contributed by atoms with Crippen LogP contribution in [0.4, 0.5) is 8.78 Å². The first-order valence-corrected chi connectivity index (χ1v) is 13.0. The average Bonchev–Trinajstić information content (AvgIpc) is 3.72. The summed E-state index contributed by atoms with van der Waals surface area (Å²) >= 11 is 0. The molecule has 1 heterocycles. The van der Waals surface area contributed by atoms with Crippen molar-refractivity contribution in [1.29, 1.82) is 0 Å². The fourth-order valence-electron chi connectivity index (χ4n) is 5.15. The van der Waals surface area contributed by atoms with Gasteiger partial charge in [-0.15, -0.1) is 0 Å². The van der Waals surface area contributed by atoms with E-state index in [4.69, 9.17) is 14.2 Å². The first kappa shape index (κ1) is 28.5. The molecule has 1 fully saturated rings. The summed E-state index contributed by atoms with van der Waals surface area (Å²) in [5.74, 6) is -1.80. The van der Waals surface area contributed by atoms with Crippen molar-refractivity contribution >= 4 is 5.97 Å². The number of carboxylic acids is 1. The lowest BCUT2D eigenvalue weighted by molar-refractivity contribution is -0.137. The number of rotatable bonds is 11. The molecule has 6 nitrogen and oxygen atoms in total. The minimum atomic E-state index is -0.944. The molecule has 1 aliphatic rings. The molecule has 4 rings (SSSR count). The zero-order chi connectivity index (χ0) is 28.3. The Hall–Kier alpha value is -3.52. The second-order valence-electron chi connectivity index (χ2n) is 11.1. The molecular weight excluding hydrogens is 504 g/mol. The predicted molar refractivity (Wildman–Crippen MR) is 144 cm³/mol. The second kappa shape index (κ2) is 11.7. The fourth-order valence-corrected chi connectivity index (χ4v) is 5.15. The summed E-state index contributed by atoms with van der Waals surface area (Å²) in [7, 11) is 3.09. The first-order valence-electron chi connectivity index (χ1n) is 13.0. The van der Waals surface area contributed by atoms with Crippen LogP contribution >= 0.6 is 0 Å². The number of hydrogen-bond donors (Lipinski definition) is 1. The van der Waals surface area contributed by atoms with Gasteiger partial charge in [-0.25, -0.2) is 13.8 Å². The van der Waals surface area contributed by atoms with E-state index in [1.165, 1.54) is 7.11 Å². The van der Waals surface area contributed by atoms with E-state index in [0.717, 1.165) is 30.2 Å². The lowest BCUT2D eigenvalue weighted by Crippen LogP contribution is -2.21. The zero-order valence-corrected chi connectivity index (χ0v) is 23.0. The highest BCUT2D eigenvalue weighted by atomic mass is 19.1. The molecule has 3 aromatic rings. The Kier molecular flexibility index (Phi) is 8.54. The van der Waals surface area contributed by atoms with Crippen LogP contribution in [0.1, 0.15) is 68.7 Å². The maximum atomic E-state index is 15.5. The molecule has 0 spiro atoms. The van der Waals surface area contributed by atoms with E-state index in [1.54, 1.807) is 43.5 Å². The monoisotopic (exact) mass is 539 g/mol. The molecule has 1 saturated carbocycles. The molecule has 0 saturated heterocycles. The summed E-state index contributed by atoms with van der Waals surface area (Å²) in [6, 6.07) is 11.9. The molecule has 0 bridgehead atoms. The van der Waals surface area contributed by atoms with Crippen molar-refractivity contribution in [3.05, 3.63) is 77.0 Å². The molecule has 0 radical (unpaired) electrons. The van der Waals surface area contributed by atoms with E-state index in [0.29, 0.717) is 16.7 Å². The topological polar surface area (TPSA) is 77.9 Å². The molecular formula is C31H35F2NO5. The number of methoxy groups -OCH3 is 2. The highest BCUT2D eigenvalue weighted by Crippen LogP contribution is 2.46. The highest BCUT2D eigenvalue weighted by molar-refractivity contribution is 5.70. The third kappa shape index (κ3) is 6.56. The maximum absolute atomic E-state index is 15.5. The van der Waals surface area contributed by atoms with Gasteiger partial charge in [0.15, 0.2) is 11.6 Å². The first-order chi connectivity index (χ1) is 18.5. The number of aromatic nitrogens is 1. The Morgan fingerprint density at radius 1 is 1.08 bits per heavy atom. The van der Waals surface area contributed by atoms with Gasteiger partial charge in [0.1, 0.15) is 12.4 Å². The van der Waals surface area contributed by atoms with Crippen LogP contribution in [0.25, 0.3) is 11.1 Å². The molecule has 2 aromatic carbocycles. The van der Waals surface area contributed by atoms with Crippen molar-refractivity contribution in [2.75, 3.05) is 14.2 Å². The molecule has 1 aliphatic carbocycles. The van der Waals surface area contributed by atoms with E-state index in [1.807, 2.05) is 26.8 Å². The number of carbonyl (C=O) groups is 1. The SMILES string of the molecule is COc1cc(-c2ccc(COc3cccc([C@H](CC(=O)O)C4CC4)c3F)cc2[C@H](OC)C(C)(C)C)c(F)cn1. The van der Waals surface area contributed by atoms with E-state index in [2.05, 4.69) is 4.98 Å². The molecule has 0 unspecified atom stereocenters. The van der Waals surface area contributed by atoms with Crippen molar-refractivity contribution in [2.24, 2.45) is 11.3 Å². The van der Waals surface area contributed by atoms with Crippen molar-refractivity contribution in [2.45, 2.75) is 58.7 Å². The maximum Gasteiger partial charge on any atom is 0.303 e. The second-order valence-corrected chi connectivity index (χ2v) is 11.1. The number of hydrogen-bond acceptors (Lipinski definition) is 5. The van der Waals surface area contributed by atoms with Crippen molar-refractivity contribution in [3.63, 3.8) is 0 Å². The molecule has 1 aromatic heterocycles. The third-order valence-corrected chi connectivity index (χ3v) is 7.12. The third-order valence-electron chi connectivity index (χ3n) is 7.12. The summed E-state index contributed by atoms with van der Waals surface area (Å²) in [6.07, 6.45) is 2.42. The Morgan fingerprint density at radius 3 is 2.44 bits per heavy atom. The van der Waals surface area contributed by atoms with E-state index < -0.39 is 17.6 Å². The molecule has 8 heteroatoms. The standard InChI is InChI=1S/C31H35F2NO5/c1-31(2,3)30(38-5)24-13-18(9-12-20(24)23-14-27(37-4)34-16-25(23)32)17-39-26-8-6-7-21(29(26)33)22(15-28(35)36)19-10-11-19/h6-9,12-14,16,19,22,30H,10-11,15,17H2,1-5H3,(H,35,36)/t22-,30+/m1/s1. The van der Waals surface area contributed by atoms with E-state index in [9.17, 15) is 14.3 Å². The van der Waals surface area contributed by atoms with Crippen LogP contribution in [-0.4, -0.2) is 30.3 Å². The largest absolute Gasteiger partial charge is 0.486 e. The van der Waals surface area contributed by atoms with Crippen molar-refractivity contribution in [3.8, 4) is 22.8 Å². The van der Waals surface area contributed by atoms with Gasteiger partial charge in [-0.1, -0.05) is 45.0 Å². The van der Waals surface area contributed by atoms with Crippen LogP contribution in [0.15, 0.2) is 48.7 Å². The number of nitrogens with zero attached hydrogens (tertiary/aromatic N) is 1. The van der Waals surface area contributed by atoms with Crippen LogP contribution in [-0.2, 0) is 16.1 Å². The normalized spacial score (nSPS) is 15.1. The summed E-state index contributed by atoms with van der Waals surface area (Å²) in [6.45, 7) is 6.16. The van der Waals surface area contributed by atoms with Gasteiger partial charge in [0, 0.05) is 24.7 Å². The Morgan fingerprint density at radius 2 is 1.82 bits per heavy atom. The number of carboxylic acid groups (broad SMARTS) is 1. The number of aliphatic carboxylic acids is 1. The summed E-state index contributed by atoms with van der Waals surface area (Å²) in [5, 5.41) is 9.34. The lowest BCUT2D eigenvalue weighted by Gasteiger charge is -2.32. The summed E-state index contributed by atoms with van der Waals surface area (Å²) in [4.78, 5) is 15.3. The van der Waals surface area contributed by atoms with Gasteiger partial charge >= 0.3 is 5.97 Å². The van der Waals surface area contributed by atoms with E-state index >= 15 is 4.39 Å². The van der Waals surface area contributed by atoms with E-state index in [-0.39, 0.29) is 48.0 Å². The number of pyridine rings is 1. The average molecular weight is 540 g/mol. The van der Waals surface area contributed by atoms with Crippen LogP contribution in [0, 0.1) is 23.0 Å². The Labute approximate surface area is 227 Å². The molecule has 1 N–H and O–H groups in total. The predicted octanol–water partition coefficient (Wildman–Crippen LogP) is 7.32. The Bertz CT molecular complexity index is 1330. The Balaban J connectivity index is 1.67. The van der Waals surface area contributed by atoms with Gasteiger partial charge in [0.2, 0.25) is 5.88 Å². The highest BCUT2D eigenvalue weighted by Gasteiger charge is 2.36. The number of benzene rings is 2. The van der Waals surface area contributed by atoms with Crippen molar-refractivity contribution < 1.29 is 32.9 Å². The molecule has 208 valence electrons. The molecule has 0 amide bonds. The van der Waals surface area contributed by atoms with Gasteiger partial charge in [-0.05, 0) is 58.6 Å². The smallest absolute Gasteiger partial charge is 0.303 e. The van der Waals surface area contributed by atoms with Gasteiger partial charge in [0.25, 0.3) is 0 Å². The lowest BCUT2D eigenvalue weighted by atomic mass is 9.81. The quantitative estimate of drug-likeness (QED) is 0.275. The summed E-state index contributed by atoms with van der Waals surface area (Å²) < 4.78 is 47.4. The molecule has 0 aliphatic heterocycles. The minimum absolute atomic E-state index is 0.0589. The molecule has 2 atom stereocenters. The molecule has 39 heavy (non-hydrogen) atoms.